The maximum Gasteiger partial charge on any atom is 0.219 e. The number of benzene rings is 1. The zero-order chi connectivity index (χ0) is 15.4. The van der Waals surface area contributed by atoms with Crippen LogP contribution in [0.25, 0.3) is 0 Å². The Labute approximate surface area is 125 Å². The van der Waals surface area contributed by atoms with E-state index in [0.717, 1.165) is 42.0 Å². The molecule has 1 aliphatic rings. The Morgan fingerprint density at radius 3 is 2.95 bits per heavy atom. The Morgan fingerprint density at radius 2 is 2.33 bits per heavy atom. The fourth-order valence-electron chi connectivity index (χ4n) is 2.72. The molecule has 2 unspecified atom stereocenters. The summed E-state index contributed by atoms with van der Waals surface area (Å²) in [7, 11) is 1.64. The third-order valence-electron chi connectivity index (χ3n) is 3.67. The van der Waals surface area contributed by atoms with Gasteiger partial charge in [0, 0.05) is 30.0 Å². The average Bonchev–Trinajstić information content (AvgIpc) is 2.80. The zero-order valence-corrected chi connectivity index (χ0v) is 12.9. The summed E-state index contributed by atoms with van der Waals surface area (Å²) < 4.78 is 11.3. The highest BCUT2D eigenvalue weighted by Crippen LogP contribution is 2.38. The van der Waals surface area contributed by atoms with E-state index in [1.807, 2.05) is 19.1 Å². The molecule has 0 aromatic heterocycles. The molecule has 1 amide bonds. The minimum absolute atomic E-state index is 0.151. The number of nitrogens with two attached hydrogens (primary N) is 1. The predicted molar refractivity (Wildman–Crippen MR) is 81.6 cm³/mol. The lowest BCUT2D eigenvalue weighted by Crippen LogP contribution is -2.27. The van der Waals surface area contributed by atoms with Crippen molar-refractivity contribution in [2.24, 2.45) is 5.73 Å². The topological polar surface area (TPSA) is 73.6 Å². The normalized spacial score (nSPS) is 18.0. The van der Waals surface area contributed by atoms with E-state index in [2.05, 4.69) is 12.2 Å². The van der Waals surface area contributed by atoms with Crippen molar-refractivity contribution in [2.45, 2.75) is 45.3 Å². The van der Waals surface area contributed by atoms with Gasteiger partial charge in [0.2, 0.25) is 5.91 Å². The Hall–Kier alpha value is -1.75. The minimum Gasteiger partial charge on any atom is -0.496 e. The molecule has 1 heterocycles. The van der Waals surface area contributed by atoms with Gasteiger partial charge in [0.1, 0.15) is 17.6 Å². The molecule has 2 rings (SSSR count). The molecule has 3 N–H and O–H groups in total. The summed E-state index contributed by atoms with van der Waals surface area (Å²) in [4.78, 5) is 11.3. The number of primary amides is 1. The number of fused-ring (bicyclic) bond motifs is 1. The van der Waals surface area contributed by atoms with E-state index >= 15 is 0 Å². The third-order valence-corrected chi connectivity index (χ3v) is 3.67. The molecule has 21 heavy (non-hydrogen) atoms. The first-order chi connectivity index (χ1) is 10.0. The lowest BCUT2D eigenvalue weighted by molar-refractivity contribution is -0.118. The van der Waals surface area contributed by atoms with Gasteiger partial charge in [-0.05, 0) is 32.0 Å². The Kier molecular flexibility index (Phi) is 5.07. The fraction of sp³-hybridized carbons (Fsp3) is 0.562. The first-order valence-electron chi connectivity index (χ1n) is 7.44. The van der Waals surface area contributed by atoms with Crippen LogP contribution in [-0.4, -0.2) is 25.7 Å². The Morgan fingerprint density at radius 1 is 1.57 bits per heavy atom. The Balaban J connectivity index is 2.34. The largest absolute Gasteiger partial charge is 0.496 e. The van der Waals surface area contributed by atoms with Gasteiger partial charge in [-0.3, -0.25) is 4.79 Å². The summed E-state index contributed by atoms with van der Waals surface area (Å²) in [6, 6.07) is 3.84. The van der Waals surface area contributed by atoms with E-state index in [1.165, 1.54) is 0 Å². The molecule has 0 bridgehead atoms. The molecule has 5 nitrogen and oxygen atoms in total. The van der Waals surface area contributed by atoms with Gasteiger partial charge in [0.25, 0.3) is 0 Å². The average molecular weight is 292 g/mol. The van der Waals surface area contributed by atoms with Crippen LogP contribution in [0.5, 0.6) is 11.5 Å². The summed E-state index contributed by atoms with van der Waals surface area (Å²) in [5, 5.41) is 3.36. The number of carbonyl (C=O) groups excluding carboxylic acids is 1. The van der Waals surface area contributed by atoms with Gasteiger partial charge in [-0.1, -0.05) is 6.92 Å². The molecule has 1 aromatic rings. The highest BCUT2D eigenvalue weighted by molar-refractivity contribution is 5.75. The van der Waals surface area contributed by atoms with Gasteiger partial charge in [-0.25, -0.2) is 0 Å². The second-order valence-electron chi connectivity index (χ2n) is 5.51. The molecule has 0 fully saturated rings. The van der Waals surface area contributed by atoms with Crippen LogP contribution in [0.3, 0.4) is 0 Å². The zero-order valence-electron chi connectivity index (χ0n) is 12.9. The monoisotopic (exact) mass is 292 g/mol. The lowest BCUT2D eigenvalue weighted by Gasteiger charge is -2.21. The van der Waals surface area contributed by atoms with Crippen molar-refractivity contribution < 1.29 is 14.3 Å². The van der Waals surface area contributed by atoms with Gasteiger partial charge in [0.15, 0.2) is 0 Å². The maximum atomic E-state index is 11.3. The van der Waals surface area contributed by atoms with Crippen LogP contribution in [0, 0.1) is 0 Å². The van der Waals surface area contributed by atoms with Crippen LogP contribution >= 0.6 is 0 Å². The summed E-state index contributed by atoms with van der Waals surface area (Å²) in [5.41, 5.74) is 7.46. The van der Waals surface area contributed by atoms with Gasteiger partial charge in [-0.15, -0.1) is 0 Å². The van der Waals surface area contributed by atoms with E-state index < -0.39 is 0 Å². The van der Waals surface area contributed by atoms with E-state index in [-0.39, 0.29) is 24.5 Å². The van der Waals surface area contributed by atoms with Crippen LogP contribution in [0.2, 0.25) is 0 Å². The van der Waals surface area contributed by atoms with E-state index in [9.17, 15) is 4.79 Å². The van der Waals surface area contributed by atoms with Gasteiger partial charge >= 0.3 is 0 Å². The molecule has 2 atom stereocenters. The fourth-order valence-corrected chi connectivity index (χ4v) is 2.72. The summed E-state index contributed by atoms with van der Waals surface area (Å²) >= 11 is 0. The standard InChI is InChI=1S/C16H24N2O3/c1-4-5-18-13(9-16(17)19)12-8-14-11(6-10(2)21-14)7-15(12)20-3/h7-8,10,13,18H,4-6,9H2,1-3H3,(H2,17,19). The molecule has 0 saturated carbocycles. The second-order valence-corrected chi connectivity index (χ2v) is 5.51. The lowest BCUT2D eigenvalue weighted by atomic mass is 9.98. The van der Waals surface area contributed by atoms with E-state index in [0.29, 0.717) is 0 Å². The van der Waals surface area contributed by atoms with Gasteiger partial charge in [0.05, 0.1) is 7.11 Å². The van der Waals surface area contributed by atoms with E-state index in [1.54, 1.807) is 7.11 Å². The van der Waals surface area contributed by atoms with Crippen molar-refractivity contribution in [1.82, 2.24) is 5.32 Å². The summed E-state index contributed by atoms with van der Waals surface area (Å²) in [6.45, 7) is 4.94. The molecule has 0 radical (unpaired) electrons. The molecule has 1 aliphatic heterocycles. The molecule has 0 aliphatic carbocycles. The highest BCUT2D eigenvalue weighted by atomic mass is 16.5. The first kappa shape index (κ1) is 15.6. The van der Waals surface area contributed by atoms with Crippen LogP contribution in [0.15, 0.2) is 12.1 Å². The van der Waals surface area contributed by atoms with Crippen molar-refractivity contribution in [3.8, 4) is 11.5 Å². The number of hydrogen-bond acceptors (Lipinski definition) is 4. The summed E-state index contributed by atoms with van der Waals surface area (Å²) in [5.74, 6) is 1.33. The quantitative estimate of drug-likeness (QED) is 0.805. The van der Waals surface area contributed by atoms with Crippen LogP contribution < -0.4 is 20.5 Å². The number of amides is 1. The second kappa shape index (κ2) is 6.80. The van der Waals surface area contributed by atoms with Crippen LogP contribution in [-0.2, 0) is 11.2 Å². The third kappa shape index (κ3) is 3.67. The number of methoxy groups -OCH3 is 1. The van der Waals surface area contributed by atoms with Crippen molar-refractivity contribution in [2.75, 3.05) is 13.7 Å². The van der Waals surface area contributed by atoms with Crippen LogP contribution in [0.1, 0.15) is 43.9 Å². The maximum absolute atomic E-state index is 11.3. The predicted octanol–water partition coefficient (Wildman–Crippen LogP) is 1.93. The van der Waals surface area contributed by atoms with Crippen LogP contribution in [0.4, 0.5) is 0 Å². The van der Waals surface area contributed by atoms with Crippen molar-refractivity contribution in [3.63, 3.8) is 0 Å². The smallest absolute Gasteiger partial charge is 0.219 e. The minimum atomic E-state index is -0.333. The Bertz CT molecular complexity index is 516. The number of ether oxygens (including phenoxy) is 2. The highest BCUT2D eigenvalue weighted by Gasteiger charge is 2.25. The molecule has 1 aromatic carbocycles. The van der Waals surface area contributed by atoms with Gasteiger partial charge in [-0.2, -0.15) is 0 Å². The molecule has 5 heteroatoms. The SMILES string of the molecule is CCCNC(CC(N)=O)c1cc2c(cc1OC)CC(C)O2. The molecular weight excluding hydrogens is 268 g/mol. The molecule has 116 valence electrons. The molecule has 0 saturated heterocycles. The molecular formula is C16H24N2O3. The first-order valence-corrected chi connectivity index (χ1v) is 7.44. The number of rotatable bonds is 7. The van der Waals surface area contributed by atoms with Crippen molar-refractivity contribution in [3.05, 3.63) is 23.3 Å². The summed E-state index contributed by atoms with van der Waals surface area (Å²) in [6.07, 6.45) is 2.29. The van der Waals surface area contributed by atoms with Gasteiger partial charge < -0.3 is 20.5 Å². The number of carbonyl (C=O) groups is 1. The van der Waals surface area contributed by atoms with Crippen molar-refractivity contribution >= 4 is 5.91 Å². The van der Waals surface area contributed by atoms with Crippen molar-refractivity contribution in [1.29, 1.82) is 0 Å². The number of nitrogens with one attached hydrogen (secondary N) is 1. The molecule has 0 spiro atoms. The number of hydrogen-bond donors (Lipinski definition) is 2. The van der Waals surface area contributed by atoms with E-state index in [4.69, 9.17) is 15.2 Å².